The van der Waals surface area contributed by atoms with Crippen molar-refractivity contribution < 1.29 is 9.53 Å². The van der Waals surface area contributed by atoms with Crippen molar-refractivity contribution in [2.24, 2.45) is 5.92 Å². The quantitative estimate of drug-likeness (QED) is 0.547. The Kier molecular flexibility index (Phi) is 4.25. The van der Waals surface area contributed by atoms with Crippen LogP contribution in [-0.4, -0.2) is 11.6 Å². The molecule has 0 aromatic rings. The van der Waals surface area contributed by atoms with Crippen molar-refractivity contribution in [3.8, 4) is 0 Å². The number of hydrogen-bond donors (Lipinski definition) is 0. The number of allylic oxidation sites excluding steroid dienone is 1. The minimum Gasteiger partial charge on any atom is -0.456 e. The Hall–Kier alpha value is -0.790. The number of hydrogen-bond acceptors (Lipinski definition) is 2. The van der Waals surface area contributed by atoms with Crippen molar-refractivity contribution in [3.63, 3.8) is 0 Å². The summed E-state index contributed by atoms with van der Waals surface area (Å²) in [4.78, 5) is 11.8. The van der Waals surface area contributed by atoms with Gasteiger partial charge in [-0.1, -0.05) is 25.3 Å². The summed E-state index contributed by atoms with van der Waals surface area (Å²) in [6.07, 6.45) is 14.4. The Balaban J connectivity index is 2.08. The average molecular weight is 236 g/mol. The van der Waals surface area contributed by atoms with Crippen LogP contribution in [0, 0.1) is 5.92 Å². The van der Waals surface area contributed by atoms with E-state index in [-0.39, 0.29) is 11.6 Å². The van der Waals surface area contributed by atoms with Crippen molar-refractivity contribution in [2.75, 3.05) is 0 Å². The van der Waals surface area contributed by atoms with E-state index in [1.54, 1.807) is 12.2 Å². The summed E-state index contributed by atoms with van der Waals surface area (Å²) in [5.74, 6) is 0.485. The number of carbonyl (C=O) groups is 1. The molecule has 2 fully saturated rings. The van der Waals surface area contributed by atoms with E-state index in [0.29, 0.717) is 5.92 Å². The first-order chi connectivity index (χ1) is 8.27. The highest BCUT2D eigenvalue weighted by molar-refractivity contribution is 5.82. The van der Waals surface area contributed by atoms with E-state index in [4.69, 9.17) is 4.74 Å². The molecule has 96 valence electrons. The fourth-order valence-corrected chi connectivity index (χ4v) is 3.57. The standard InChI is InChI=1S/C15H24O2/c1-2-8-14(16)17-15(11-6-3-7-12-15)13-9-4-5-10-13/h2,8,13H,3-7,9-12H2,1H3/b8-2+. The van der Waals surface area contributed by atoms with Crippen LogP contribution in [-0.2, 0) is 9.53 Å². The molecule has 2 aliphatic rings. The first kappa shape index (κ1) is 12.7. The van der Waals surface area contributed by atoms with E-state index < -0.39 is 0 Å². The molecule has 0 aromatic heterocycles. The molecule has 0 unspecified atom stereocenters. The Bertz CT molecular complexity index is 281. The minimum absolute atomic E-state index is 0.120. The molecule has 0 aromatic carbocycles. The van der Waals surface area contributed by atoms with E-state index in [9.17, 15) is 4.79 Å². The molecule has 0 heterocycles. The molecular formula is C15H24O2. The molecule has 0 N–H and O–H groups in total. The number of esters is 1. The second-order valence-electron chi connectivity index (χ2n) is 5.53. The molecule has 2 rings (SSSR count). The summed E-state index contributed by atoms with van der Waals surface area (Å²) in [5.41, 5.74) is -0.120. The smallest absolute Gasteiger partial charge is 0.330 e. The van der Waals surface area contributed by atoms with E-state index >= 15 is 0 Å². The maximum Gasteiger partial charge on any atom is 0.330 e. The van der Waals surface area contributed by atoms with Crippen LogP contribution in [0.4, 0.5) is 0 Å². The molecule has 17 heavy (non-hydrogen) atoms. The van der Waals surface area contributed by atoms with Crippen molar-refractivity contribution in [2.45, 2.75) is 70.3 Å². The van der Waals surface area contributed by atoms with Gasteiger partial charge in [-0.15, -0.1) is 0 Å². The van der Waals surface area contributed by atoms with E-state index in [1.807, 2.05) is 6.92 Å². The molecule has 0 atom stereocenters. The summed E-state index contributed by atoms with van der Waals surface area (Å²) in [7, 11) is 0. The highest BCUT2D eigenvalue weighted by Gasteiger charge is 2.43. The maximum absolute atomic E-state index is 11.8. The molecule has 0 amide bonds. The molecule has 0 spiro atoms. The van der Waals surface area contributed by atoms with E-state index in [0.717, 1.165) is 12.8 Å². The van der Waals surface area contributed by atoms with Crippen molar-refractivity contribution in [3.05, 3.63) is 12.2 Å². The summed E-state index contributed by atoms with van der Waals surface area (Å²) in [6, 6.07) is 0. The zero-order chi connectivity index (χ0) is 12.1. The van der Waals surface area contributed by atoms with Gasteiger partial charge < -0.3 is 4.74 Å². The van der Waals surface area contributed by atoms with Gasteiger partial charge in [-0.3, -0.25) is 0 Å². The van der Waals surface area contributed by atoms with Gasteiger partial charge in [-0.25, -0.2) is 4.79 Å². The Morgan fingerprint density at radius 3 is 2.35 bits per heavy atom. The normalized spacial score (nSPS) is 25.2. The van der Waals surface area contributed by atoms with Crippen LogP contribution >= 0.6 is 0 Å². The monoisotopic (exact) mass is 236 g/mol. The van der Waals surface area contributed by atoms with Crippen LogP contribution in [0.25, 0.3) is 0 Å². The molecular weight excluding hydrogens is 212 g/mol. The van der Waals surface area contributed by atoms with Crippen molar-refractivity contribution in [1.29, 1.82) is 0 Å². The SMILES string of the molecule is C/C=C/C(=O)OC1(C2CCCC2)CCCCC1. The summed E-state index contributed by atoms with van der Waals surface area (Å²) >= 11 is 0. The van der Waals surface area contributed by atoms with Gasteiger partial charge in [0.25, 0.3) is 0 Å². The van der Waals surface area contributed by atoms with Gasteiger partial charge in [-0.05, 0) is 51.4 Å². The molecule has 2 saturated carbocycles. The van der Waals surface area contributed by atoms with E-state index in [1.165, 1.54) is 44.9 Å². The maximum atomic E-state index is 11.8. The molecule has 0 saturated heterocycles. The highest BCUT2D eigenvalue weighted by Crippen LogP contribution is 2.45. The van der Waals surface area contributed by atoms with Gasteiger partial charge in [0.2, 0.25) is 0 Å². The lowest BCUT2D eigenvalue weighted by atomic mass is 9.74. The lowest BCUT2D eigenvalue weighted by molar-refractivity contribution is -0.165. The minimum atomic E-state index is -0.138. The van der Waals surface area contributed by atoms with Gasteiger partial charge in [0.15, 0.2) is 0 Å². The molecule has 0 bridgehead atoms. The summed E-state index contributed by atoms with van der Waals surface area (Å²) < 4.78 is 5.88. The number of carbonyl (C=O) groups excluding carboxylic acids is 1. The Morgan fingerprint density at radius 2 is 1.76 bits per heavy atom. The number of ether oxygens (including phenoxy) is 1. The topological polar surface area (TPSA) is 26.3 Å². The zero-order valence-corrected chi connectivity index (χ0v) is 10.9. The van der Waals surface area contributed by atoms with Crippen LogP contribution in [0.2, 0.25) is 0 Å². The Morgan fingerprint density at radius 1 is 1.12 bits per heavy atom. The molecule has 2 aliphatic carbocycles. The van der Waals surface area contributed by atoms with Crippen molar-refractivity contribution >= 4 is 5.97 Å². The fourth-order valence-electron chi connectivity index (χ4n) is 3.57. The summed E-state index contributed by atoms with van der Waals surface area (Å²) in [6.45, 7) is 1.87. The van der Waals surface area contributed by atoms with Gasteiger partial charge >= 0.3 is 5.97 Å². The van der Waals surface area contributed by atoms with Gasteiger partial charge in [0, 0.05) is 6.08 Å². The first-order valence-corrected chi connectivity index (χ1v) is 7.12. The van der Waals surface area contributed by atoms with Gasteiger partial charge in [0.1, 0.15) is 5.60 Å². The first-order valence-electron chi connectivity index (χ1n) is 7.12. The second kappa shape index (κ2) is 5.70. The van der Waals surface area contributed by atoms with Crippen LogP contribution < -0.4 is 0 Å². The Labute approximate surface area is 104 Å². The van der Waals surface area contributed by atoms with Gasteiger partial charge in [0.05, 0.1) is 0 Å². The molecule has 2 heteroatoms. The fraction of sp³-hybridized carbons (Fsp3) is 0.800. The lowest BCUT2D eigenvalue weighted by Crippen LogP contribution is -2.43. The molecule has 0 aliphatic heterocycles. The van der Waals surface area contributed by atoms with Crippen LogP contribution in [0.3, 0.4) is 0 Å². The zero-order valence-electron chi connectivity index (χ0n) is 10.9. The van der Waals surface area contributed by atoms with Crippen LogP contribution in [0.15, 0.2) is 12.2 Å². The highest BCUT2D eigenvalue weighted by atomic mass is 16.6. The van der Waals surface area contributed by atoms with Crippen molar-refractivity contribution in [1.82, 2.24) is 0 Å². The van der Waals surface area contributed by atoms with Crippen LogP contribution in [0.5, 0.6) is 0 Å². The van der Waals surface area contributed by atoms with Crippen LogP contribution in [0.1, 0.15) is 64.7 Å². The third-order valence-electron chi connectivity index (χ3n) is 4.41. The predicted molar refractivity (Wildman–Crippen MR) is 68.7 cm³/mol. The number of rotatable bonds is 3. The largest absolute Gasteiger partial charge is 0.456 e. The van der Waals surface area contributed by atoms with Gasteiger partial charge in [-0.2, -0.15) is 0 Å². The summed E-state index contributed by atoms with van der Waals surface area (Å²) in [5, 5.41) is 0. The van der Waals surface area contributed by atoms with E-state index in [2.05, 4.69) is 0 Å². The average Bonchev–Trinajstić information content (AvgIpc) is 2.84. The third kappa shape index (κ3) is 2.91. The molecule has 2 nitrogen and oxygen atoms in total. The predicted octanol–water partition coefficient (Wildman–Crippen LogP) is 4.00. The third-order valence-corrected chi connectivity index (χ3v) is 4.41. The lowest BCUT2D eigenvalue weighted by Gasteiger charge is -2.41. The molecule has 0 radical (unpaired) electrons. The second-order valence-corrected chi connectivity index (χ2v) is 5.53.